The van der Waals surface area contributed by atoms with Gasteiger partial charge in [-0.3, -0.25) is 0 Å². The molecule has 0 aliphatic heterocycles. The van der Waals surface area contributed by atoms with Crippen LogP contribution in [0.4, 0.5) is 4.39 Å². The molecule has 13 heavy (non-hydrogen) atoms. The molecule has 0 amide bonds. The molecule has 1 aromatic rings. The third kappa shape index (κ3) is 2.29. The molecule has 72 valence electrons. The number of methoxy groups -OCH3 is 1. The van der Waals surface area contributed by atoms with Crippen LogP contribution in [0, 0.1) is 12.7 Å². The normalized spacial score (nSPS) is 10.2. The molecule has 0 aliphatic carbocycles. The van der Waals surface area contributed by atoms with Gasteiger partial charge in [0.25, 0.3) is 0 Å². The summed E-state index contributed by atoms with van der Waals surface area (Å²) in [7, 11) is 1.48. The van der Waals surface area contributed by atoms with Crippen molar-refractivity contribution in [2.75, 3.05) is 13.9 Å². The Bertz CT molecular complexity index is 306. The van der Waals surface area contributed by atoms with E-state index in [4.69, 9.17) is 16.3 Å². The Morgan fingerprint density at radius 1 is 1.62 bits per heavy atom. The summed E-state index contributed by atoms with van der Waals surface area (Å²) in [6.07, 6.45) is 1.36. The van der Waals surface area contributed by atoms with E-state index in [1.54, 1.807) is 6.92 Å². The van der Waals surface area contributed by atoms with Crippen LogP contribution in [0.1, 0.15) is 5.56 Å². The van der Waals surface area contributed by atoms with Crippen molar-refractivity contribution in [3.63, 3.8) is 0 Å². The molecule has 3 nitrogen and oxygen atoms in total. The smallest absolute Gasteiger partial charge is 0.188 e. The van der Waals surface area contributed by atoms with Gasteiger partial charge in [0.1, 0.15) is 5.75 Å². The van der Waals surface area contributed by atoms with Crippen molar-refractivity contribution in [1.29, 1.82) is 0 Å². The molecule has 0 fully saturated rings. The second-order valence-electron chi connectivity index (χ2n) is 2.40. The third-order valence-corrected chi connectivity index (χ3v) is 1.77. The maximum atomic E-state index is 13.1. The van der Waals surface area contributed by atoms with Crippen LogP contribution in [-0.2, 0) is 4.74 Å². The summed E-state index contributed by atoms with van der Waals surface area (Å²) in [5, 5.41) is -0.151. The van der Waals surface area contributed by atoms with Gasteiger partial charge >= 0.3 is 0 Å². The second-order valence-corrected chi connectivity index (χ2v) is 2.76. The Kier molecular flexibility index (Phi) is 3.45. The summed E-state index contributed by atoms with van der Waals surface area (Å²) < 4.78 is 22.8. The van der Waals surface area contributed by atoms with E-state index in [1.165, 1.54) is 13.3 Å². The molecule has 0 aliphatic rings. The fourth-order valence-corrected chi connectivity index (χ4v) is 0.990. The van der Waals surface area contributed by atoms with E-state index in [0.717, 1.165) is 0 Å². The van der Waals surface area contributed by atoms with Gasteiger partial charge < -0.3 is 9.47 Å². The van der Waals surface area contributed by atoms with Crippen LogP contribution in [0.3, 0.4) is 0 Å². The molecule has 1 rings (SSSR count). The maximum absolute atomic E-state index is 13.1. The topological polar surface area (TPSA) is 31.4 Å². The van der Waals surface area contributed by atoms with Gasteiger partial charge in [-0.1, -0.05) is 11.6 Å². The van der Waals surface area contributed by atoms with E-state index in [-0.39, 0.29) is 11.9 Å². The van der Waals surface area contributed by atoms with E-state index in [2.05, 4.69) is 9.72 Å². The molecule has 0 atom stereocenters. The molecule has 5 heteroatoms. The minimum atomic E-state index is -0.560. The number of halogens is 2. The van der Waals surface area contributed by atoms with E-state index >= 15 is 0 Å². The van der Waals surface area contributed by atoms with Gasteiger partial charge in [-0.25, -0.2) is 9.37 Å². The molecule has 0 bridgehead atoms. The Morgan fingerprint density at radius 2 is 2.31 bits per heavy atom. The van der Waals surface area contributed by atoms with Crippen LogP contribution in [0.15, 0.2) is 6.20 Å². The van der Waals surface area contributed by atoms with Crippen LogP contribution in [0.25, 0.3) is 0 Å². The maximum Gasteiger partial charge on any atom is 0.188 e. The lowest BCUT2D eigenvalue weighted by Crippen LogP contribution is -2.02. The van der Waals surface area contributed by atoms with E-state index in [9.17, 15) is 4.39 Å². The highest BCUT2D eigenvalue weighted by Crippen LogP contribution is 2.23. The average molecular weight is 206 g/mol. The van der Waals surface area contributed by atoms with E-state index < -0.39 is 5.82 Å². The Morgan fingerprint density at radius 3 is 2.92 bits per heavy atom. The first kappa shape index (κ1) is 10.2. The number of hydrogen-bond donors (Lipinski definition) is 0. The van der Waals surface area contributed by atoms with Gasteiger partial charge in [0.2, 0.25) is 0 Å². The largest absolute Gasteiger partial charge is 0.466 e. The first-order chi connectivity index (χ1) is 6.16. The SMILES string of the molecule is COCOc1cnc(Cl)c(F)c1C. The van der Waals surface area contributed by atoms with Gasteiger partial charge in [0, 0.05) is 12.7 Å². The van der Waals surface area contributed by atoms with Gasteiger partial charge in [-0.15, -0.1) is 0 Å². The molecule has 0 N–H and O–H groups in total. The Hall–Kier alpha value is -0.870. The predicted molar refractivity (Wildman–Crippen MR) is 46.4 cm³/mol. The van der Waals surface area contributed by atoms with Crippen molar-refractivity contribution in [3.05, 3.63) is 22.7 Å². The average Bonchev–Trinajstić information content (AvgIpc) is 2.13. The van der Waals surface area contributed by atoms with Crippen molar-refractivity contribution < 1.29 is 13.9 Å². The van der Waals surface area contributed by atoms with Crippen molar-refractivity contribution in [1.82, 2.24) is 4.98 Å². The lowest BCUT2D eigenvalue weighted by molar-refractivity contribution is 0.0501. The number of aromatic nitrogens is 1. The van der Waals surface area contributed by atoms with Crippen molar-refractivity contribution in [2.24, 2.45) is 0 Å². The number of hydrogen-bond acceptors (Lipinski definition) is 3. The lowest BCUT2D eigenvalue weighted by Gasteiger charge is -2.07. The zero-order valence-electron chi connectivity index (χ0n) is 7.30. The number of nitrogens with zero attached hydrogens (tertiary/aromatic N) is 1. The van der Waals surface area contributed by atoms with Gasteiger partial charge in [-0.2, -0.15) is 0 Å². The highest BCUT2D eigenvalue weighted by molar-refractivity contribution is 6.29. The van der Waals surface area contributed by atoms with Crippen LogP contribution in [0.2, 0.25) is 5.15 Å². The van der Waals surface area contributed by atoms with E-state index in [1.807, 2.05) is 0 Å². The van der Waals surface area contributed by atoms with Gasteiger partial charge in [-0.05, 0) is 6.92 Å². The summed E-state index contributed by atoms with van der Waals surface area (Å²) in [4.78, 5) is 3.60. The van der Waals surface area contributed by atoms with Crippen LogP contribution >= 0.6 is 11.6 Å². The van der Waals surface area contributed by atoms with Crippen molar-refractivity contribution in [2.45, 2.75) is 6.92 Å². The number of ether oxygens (including phenoxy) is 2. The third-order valence-electron chi connectivity index (χ3n) is 1.51. The van der Waals surface area contributed by atoms with Crippen molar-refractivity contribution >= 4 is 11.6 Å². The van der Waals surface area contributed by atoms with Crippen LogP contribution in [-0.4, -0.2) is 18.9 Å². The zero-order chi connectivity index (χ0) is 9.84. The quantitative estimate of drug-likeness (QED) is 0.560. The Balaban J connectivity index is 2.90. The molecule has 1 aromatic heterocycles. The first-order valence-electron chi connectivity index (χ1n) is 3.59. The molecule has 1 heterocycles. The van der Waals surface area contributed by atoms with Gasteiger partial charge in [0.15, 0.2) is 17.8 Å². The second kappa shape index (κ2) is 4.39. The summed E-state index contributed by atoms with van der Waals surface area (Å²) in [6.45, 7) is 1.62. The molecule has 0 saturated carbocycles. The lowest BCUT2D eigenvalue weighted by atomic mass is 10.3. The standard InChI is InChI=1S/C8H9ClFNO2/c1-5-6(13-4-12-2)3-11-8(9)7(5)10/h3H,4H2,1-2H3. The molecule has 0 saturated heterocycles. The summed E-state index contributed by atoms with van der Waals surface area (Å²) >= 11 is 5.45. The fraction of sp³-hybridized carbons (Fsp3) is 0.375. The van der Waals surface area contributed by atoms with Crippen LogP contribution in [0.5, 0.6) is 5.75 Å². The highest BCUT2D eigenvalue weighted by Gasteiger charge is 2.09. The molecule has 0 spiro atoms. The minimum absolute atomic E-state index is 0.0591. The molecular weight excluding hydrogens is 197 g/mol. The predicted octanol–water partition coefficient (Wildman–Crippen LogP) is 2.17. The molecule has 0 radical (unpaired) electrons. The highest BCUT2D eigenvalue weighted by atomic mass is 35.5. The summed E-state index contributed by atoms with van der Waals surface area (Å²) in [5.41, 5.74) is 0.331. The molecular formula is C8H9ClFNO2. The monoisotopic (exact) mass is 205 g/mol. The zero-order valence-corrected chi connectivity index (χ0v) is 8.06. The van der Waals surface area contributed by atoms with Crippen molar-refractivity contribution in [3.8, 4) is 5.75 Å². The molecule has 0 unspecified atom stereocenters. The molecule has 0 aromatic carbocycles. The summed E-state index contributed by atoms with van der Waals surface area (Å²) in [5.74, 6) is -0.223. The number of pyridine rings is 1. The first-order valence-corrected chi connectivity index (χ1v) is 3.97. The van der Waals surface area contributed by atoms with Crippen LogP contribution < -0.4 is 4.74 Å². The van der Waals surface area contributed by atoms with Gasteiger partial charge in [0.05, 0.1) is 6.20 Å². The minimum Gasteiger partial charge on any atom is -0.466 e. The summed E-state index contributed by atoms with van der Waals surface area (Å²) in [6, 6.07) is 0. The Labute approximate surface area is 80.4 Å². The number of rotatable bonds is 3. The van der Waals surface area contributed by atoms with E-state index in [0.29, 0.717) is 11.3 Å². The fourth-order valence-electron chi connectivity index (χ4n) is 0.800.